The Morgan fingerprint density at radius 1 is 1.03 bits per heavy atom. The Labute approximate surface area is 194 Å². The van der Waals surface area contributed by atoms with Crippen LogP contribution in [0.25, 0.3) is 0 Å². The molecule has 0 unspecified atom stereocenters. The van der Waals surface area contributed by atoms with Gasteiger partial charge in [-0.25, -0.2) is 0 Å². The molecule has 2 aliphatic rings. The van der Waals surface area contributed by atoms with E-state index in [0.717, 1.165) is 41.7 Å². The van der Waals surface area contributed by atoms with E-state index in [2.05, 4.69) is 102 Å². The van der Waals surface area contributed by atoms with Crippen LogP contribution in [0.1, 0.15) is 64.7 Å². The molecule has 32 heavy (non-hydrogen) atoms. The van der Waals surface area contributed by atoms with E-state index in [-0.39, 0.29) is 11.7 Å². The molecule has 2 aromatic rings. The maximum Gasteiger partial charge on any atom is 0.141 e. The molecule has 1 fully saturated rings. The van der Waals surface area contributed by atoms with Crippen LogP contribution in [0.4, 0.5) is 0 Å². The van der Waals surface area contributed by atoms with Crippen molar-refractivity contribution < 1.29 is 14.0 Å². The van der Waals surface area contributed by atoms with Gasteiger partial charge in [-0.3, -0.25) is 0 Å². The third kappa shape index (κ3) is 4.58. The highest BCUT2D eigenvalue weighted by Gasteiger charge is 2.50. The minimum atomic E-state index is -0.434. The summed E-state index contributed by atoms with van der Waals surface area (Å²) in [5.74, 6) is 8.38. The SMILES string of the molecule is CC(C)[N@+](C)(CC#C[C@]1(C)CC[C@H]2[C@H](O1)c1ccccc1OC2(C)C)Cc1ccccc1. The van der Waals surface area contributed by atoms with Crippen LogP contribution >= 0.6 is 0 Å². The van der Waals surface area contributed by atoms with E-state index in [4.69, 9.17) is 9.47 Å². The zero-order valence-electron chi connectivity index (χ0n) is 20.5. The summed E-state index contributed by atoms with van der Waals surface area (Å²) in [7, 11) is 2.31. The molecule has 3 heteroatoms. The first-order valence-corrected chi connectivity index (χ1v) is 12.0. The Morgan fingerprint density at radius 3 is 2.44 bits per heavy atom. The fourth-order valence-electron chi connectivity index (χ4n) is 5.08. The third-order valence-corrected chi connectivity index (χ3v) is 7.60. The van der Waals surface area contributed by atoms with Crippen LogP contribution in [0, 0.1) is 17.8 Å². The van der Waals surface area contributed by atoms with Crippen molar-refractivity contribution in [2.75, 3.05) is 13.6 Å². The highest BCUT2D eigenvalue weighted by Crippen LogP contribution is 2.52. The number of hydrogen-bond donors (Lipinski definition) is 0. The molecule has 0 bridgehead atoms. The Hall–Kier alpha value is -2.28. The number of fused-ring (bicyclic) bond motifs is 3. The van der Waals surface area contributed by atoms with Gasteiger partial charge in [0.25, 0.3) is 0 Å². The van der Waals surface area contributed by atoms with Crippen LogP contribution in [0.2, 0.25) is 0 Å². The summed E-state index contributed by atoms with van der Waals surface area (Å²) in [4.78, 5) is 0. The van der Waals surface area contributed by atoms with Gasteiger partial charge in [-0.2, -0.15) is 0 Å². The number of benzene rings is 2. The fraction of sp³-hybridized carbons (Fsp3) is 0.517. The lowest BCUT2D eigenvalue weighted by molar-refractivity contribution is -0.936. The van der Waals surface area contributed by atoms with Gasteiger partial charge >= 0.3 is 0 Å². The smallest absolute Gasteiger partial charge is 0.141 e. The molecule has 4 rings (SSSR count). The van der Waals surface area contributed by atoms with Gasteiger partial charge in [-0.05, 0) is 59.4 Å². The van der Waals surface area contributed by atoms with Gasteiger partial charge in [-0.1, -0.05) is 54.5 Å². The number of nitrogens with zero attached hydrogens (tertiary/aromatic N) is 1. The molecule has 2 aromatic carbocycles. The summed E-state index contributed by atoms with van der Waals surface area (Å²) in [6.45, 7) is 12.9. The van der Waals surface area contributed by atoms with Crippen molar-refractivity contribution in [2.24, 2.45) is 5.92 Å². The third-order valence-electron chi connectivity index (χ3n) is 7.60. The molecule has 2 heterocycles. The van der Waals surface area contributed by atoms with Gasteiger partial charge in [0.15, 0.2) is 0 Å². The summed E-state index contributed by atoms with van der Waals surface area (Å²) in [5.41, 5.74) is 1.85. The van der Waals surface area contributed by atoms with Gasteiger partial charge < -0.3 is 14.0 Å². The minimum Gasteiger partial charge on any atom is -0.487 e. The second-order valence-electron chi connectivity index (χ2n) is 10.8. The molecule has 0 aromatic heterocycles. The molecule has 0 N–H and O–H groups in total. The van der Waals surface area contributed by atoms with E-state index in [0.29, 0.717) is 12.0 Å². The van der Waals surface area contributed by atoms with Gasteiger partial charge in [0, 0.05) is 17.0 Å². The van der Waals surface area contributed by atoms with E-state index in [1.807, 2.05) is 6.07 Å². The molecule has 0 amide bonds. The van der Waals surface area contributed by atoms with Crippen molar-refractivity contribution in [1.29, 1.82) is 0 Å². The highest BCUT2D eigenvalue weighted by atomic mass is 16.5. The number of rotatable bonds is 4. The molecule has 0 saturated carbocycles. The van der Waals surface area contributed by atoms with E-state index in [1.54, 1.807) is 0 Å². The average Bonchev–Trinajstić information content (AvgIpc) is 2.73. The first kappa shape index (κ1) is 22.9. The maximum absolute atomic E-state index is 6.77. The molecule has 3 nitrogen and oxygen atoms in total. The van der Waals surface area contributed by atoms with E-state index in [9.17, 15) is 0 Å². The van der Waals surface area contributed by atoms with Crippen molar-refractivity contribution in [3.63, 3.8) is 0 Å². The largest absolute Gasteiger partial charge is 0.487 e. The van der Waals surface area contributed by atoms with Crippen molar-refractivity contribution in [3.8, 4) is 17.6 Å². The van der Waals surface area contributed by atoms with E-state index in [1.165, 1.54) is 5.56 Å². The molecular formula is C29H38NO2+. The molecule has 4 atom stereocenters. The van der Waals surface area contributed by atoms with Crippen LogP contribution < -0.4 is 4.74 Å². The normalized spacial score (nSPS) is 27.8. The Morgan fingerprint density at radius 2 is 1.72 bits per heavy atom. The quantitative estimate of drug-likeness (QED) is 0.427. The van der Waals surface area contributed by atoms with Crippen molar-refractivity contribution in [1.82, 2.24) is 0 Å². The van der Waals surface area contributed by atoms with Gasteiger partial charge in [0.2, 0.25) is 0 Å². The molecule has 2 aliphatic heterocycles. The lowest BCUT2D eigenvalue weighted by Crippen LogP contribution is -2.51. The second-order valence-corrected chi connectivity index (χ2v) is 10.8. The van der Waals surface area contributed by atoms with Gasteiger partial charge in [0.1, 0.15) is 30.0 Å². The molecule has 1 saturated heterocycles. The molecule has 170 valence electrons. The number of hydrogen-bond acceptors (Lipinski definition) is 2. The predicted octanol–water partition coefficient (Wildman–Crippen LogP) is 6.14. The summed E-state index contributed by atoms with van der Waals surface area (Å²) < 4.78 is 14.0. The van der Waals surface area contributed by atoms with Crippen LogP contribution in [-0.2, 0) is 11.3 Å². The number of quaternary nitrogens is 1. The first-order valence-electron chi connectivity index (χ1n) is 12.0. The standard InChI is InChI=1S/C29H38NO2/c1-22(2)30(6,21-23-13-8-7-9-14-23)20-12-18-29(5)19-17-25-27(32-29)24-15-10-11-16-26(24)31-28(25,3)4/h7-11,13-16,22,25,27H,17,19-21H2,1-6H3/q+1/t25-,27+,29+,30+/m0/s1. The fourth-order valence-corrected chi connectivity index (χ4v) is 5.08. The Balaban J connectivity index is 1.53. The highest BCUT2D eigenvalue weighted by molar-refractivity contribution is 5.39. The molecule has 0 spiro atoms. The average molecular weight is 433 g/mol. The lowest BCUT2D eigenvalue weighted by Gasteiger charge is -2.50. The topological polar surface area (TPSA) is 18.5 Å². The summed E-state index contributed by atoms with van der Waals surface area (Å²) in [5, 5.41) is 0. The molecule has 0 radical (unpaired) electrons. The van der Waals surface area contributed by atoms with Crippen LogP contribution in [0.15, 0.2) is 54.6 Å². The summed E-state index contributed by atoms with van der Waals surface area (Å²) in [6.07, 6.45) is 2.01. The lowest BCUT2D eigenvalue weighted by atomic mass is 9.73. The van der Waals surface area contributed by atoms with Crippen LogP contribution in [-0.4, -0.2) is 35.3 Å². The second kappa shape index (κ2) is 8.58. The van der Waals surface area contributed by atoms with Gasteiger partial charge in [-0.15, -0.1) is 0 Å². The first-order chi connectivity index (χ1) is 15.1. The monoisotopic (exact) mass is 432 g/mol. The number of ether oxygens (including phenoxy) is 2. The van der Waals surface area contributed by atoms with Crippen LogP contribution in [0.3, 0.4) is 0 Å². The maximum atomic E-state index is 6.77. The van der Waals surface area contributed by atoms with Crippen molar-refractivity contribution >= 4 is 0 Å². The number of para-hydroxylation sites is 1. The Bertz CT molecular complexity index is 1000. The minimum absolute atomic E-state index is 0.0262. The van der Waals surface area contributed by atoms with E-state index >= 15 is 0 Å². The summed E-state index contributed by atoms with van der Waals surface area (Å²) >= 11 is 0. The van der Waals surface area contributed by atoms with Gasteiger partial charge in [0.05, 0.1) is 19.2 Å². The zero-order valence-corrected chi connectivity index (χ0v) is 20.5. The molecule has 0 aliphatic carbocycles. The van der Waals surface area contributed by atoms with Crippen LogP contribution in [0.5, 0.6) is 5.75 Å². The summed E-state index contributed by atoms with van der Waals surface area (Å²) in [6, 6.07) is 19.5. The Kier molecular flexibility index (Phi) is 6.14. The zero-order chi connectivity index (χ0) is 23.0. The van der Waals surface area contributed by atoms with E-state index < -0.39 is 5.60 Å². The molecular weight excluding hydrogens is 394 g/mol. The van der Waals surface area contributed by atoms with Crippen molar-refractivity contribution in [3.05, 3.63) is 65.7 Å². The van der Waals surface area contributed by atoms with Crippen molar-refractivity contribution in [2.45, 2.75) is 77.4 Å². The predicted molar refractivity (Wildman–Crippen MR) is 130 cm³/mol.